The van der Waals surface area contributed by atoms with Crippen LogP contribution in [0.2, 0.25) is 0 Å². The van der Waals surface area contributed by atoms with Gasteiger partial charge in [0.1, 0.15) is 17.6 Å². The van der Waals surface area contributed by atoms with Crippen LogP contribution in [0.5, 0.6) is 5.75 Å². The molecule has 0 aromatic heterocycles. The zero-order valence-corrected chi connectivity index (χ0v) is 16.7. The number of methoxy groups -OCH3 is 1. The lowest BCUT2D eigenvalue weighted by atomic mass is 10.0. The van der Waals surface area contributed by atoms with Gasteiger partial charge in [0, 0.05) is 0 Å². The molecule has 2 aromatic carbocycles. The molecule has 1 aliphatic heterocycles. The summed E-state index contributed by atoms with van der Waals surface area (Å²) in [7, 11) is 1.33. The monoisotopic (exact) mass is 413 g/mol. The van der Waals surface area contributed by atoms with E-state index in [0.29, 0.717) is 0 Å². The van der Waals surface area contributed by atoms with E-state index < -0.39 is 48.0 Å². The Morgan fingerprint density at radius 3 is 2.17 bits per heavy atom. The number of rotatable bonds is 7. The molecule has 0 unspecified atom stereocenters. The fraction of sp³-hybridized carbons (Fsp3) is 0.273. The lowest BCUT2D eigenvalue weighted by molar-refractivity contribution is -0.148. The first-order chi connectivity index (χ1) is 14.3. The van der Waals surface area contributed by atoms with E-state index >= 15 is 0 Å². The fourth-order valence-electron chi connectivity index (χ4n) is 3.33. The van der Waals surface area contributed by atoms with Crippen LogP contribution in [0.1, 0.15) is 44.9 Å². The molecule has 0 radical (unpaired) electrons. The van der Waals surface area contributed by atoms with Crippen molar-refractivity contribution in [3.05, 3.63) is 65.0 Å². The number of Topliss-reactive ketones (excluding diaryl/α,β-unsaturated/α-hetero) is 1. The Morgan fingerprint density at radius 2 is 1.63 bits per heavy atom. The van der Waals surface area contributed by atoms with Crippen molar-refractivity contribution in [3.8, 4) is 5.75 Å². The van der Waals surface area contributed by atoms with Gasteiger partial charge in [-0.15, -0.1) is 0 Å². The Labute approximate surface area is 172 Å². The van der Waals surface area contributed by atoms with Crippen LogP contribution in [0.3, 0.4) is 0 Å². The normalized spacial score (nSPS) is 14.0. The standard InChI is InChI=1S/C22H20FNO6/c1-12(2)19(24-20(26)14-6-4-5-7-15(14)21(24)27)22(28)30-11-17(25)16-10-13(23)8-9-18(16)29-3/h4-10,12,19H,11H2,1-3H3/t19-/m0/s1. The SMILES string of the molecule is COc1ccc(F)cc1C(=O)COC(=O)[C@H](C(C)C)N1C(=O)c2ccccc2C1=O. The van der Waals surface area contributed by atoms with Gasteiger partial charge >= 0.3 is 5.97 Å². The molecule has 0 aliphatic carbocycles. The average molecular weight is 413 g/mol. The van der Waals surface area contributed by atoms with E-state index in [4.69, 9.17) is 9.47 Å². The Kier molecular flexibility index (Phi) is 5.96. The van der Waals surface area contributed by atoms with Crippen LogP contribution in [0.25, 0.3) is 0 Å². The highest BCUT2D eigenvalue weighted by Crippen LogP contribution is 2.28. The predicted octanol–water partition coefficient (Wildman–Crippen LogP) is 2.88. The second-order valence-electron chi connectivity index (χ2n) is 7.09. The molecule has 0 N–H and O–H groups in total. The number of carbonyl (C=O) groups excluding carboxylic acids is 4. The maximum Gasteiger partial charge on any atom is 0.330 e. The Morgan fingerprint density at radius 1 is 1.03 bits per heavy atom. The molecule has 1 atom stereocenters. The van der Waals surface area contributed by atoms with E-state index in [0.717, 1.165) is 17.0 Å². The Bertz CT molecular complexity index is 997. The summed E-state index contributed by atoms with van der Waals surface area (Å²) in [6, 6.07) is 8.48. The van der Waals surface area contributed by atoms with Crippen LogP contribution in [-0.2, 0) is 9.53 Å². The van der Waals surface area contributed by atoms with Crippen LogP contribution < -0.4 is 4.74 Å². The Hall–Kier alpha value is -3.55. The topological polar surface area (TPSA) is 90.0 Å². The number of ether oxygens (including phenoxy) is 2. The third-order valence-electron chi connectivity index (χ3n) is 4.78. The summed E-state index contributed by atoms with van der Waals surface area (Å²) in [6.07, 6.45) is 0. The molecule has 156 valence electrons. The zero-order chi connectivity index (χ0) is 22.0. The number of esters is 1. The summed E-state index contributed by atoms with van der Waals surface area (Å²) >= 11 is 0. The highest BCUT2D eigenvalue weighted by atomic mass is 19.1. The molecule has 1 heterocycles. The van der Waals surface area contributed by atoms with E-state index in [9.17, 15) is 23.6 Å². The fourth-order valence-corrected chi connectivity index (χ4v) is 3.33. The third kappa shape index (κ3) is 3.80. The number of ketones is 1. The van der Waals surface area contributed by atoms with Crippen molar-refractivity contribution in [2.24, 2.45) is 5.92 Å². The van der Waals surface area contributed by atoms with E-state index in [-0.39, 0.29) is 22.4 Å². The minimum atomic E-state index is -1.21. The van der Waals surface area contributed by atoms with Crippen LogP contribution in [0.4, 0.5) is 4.39 Å². The minimum absolute atomic E-state index is 0.0767. The van der Waals surface area contributed by atoms with E-state index in [1.165, 1.54) is 25.3 Å². The second kappa shape index (κ2) is 8.44. The molecule has 0 saturated carbocycles. The second-order valence-corrected chi connectivity index (χ2v) is 7.09. The molecule has 3 rings (SSSR count). The van der Waals surface area contributed by atoms with Crippen molar-refractivity contribution in [2.75, 3.05) is 13.7 Å². The van der Waals surface area contributed by atoms with Crippen LogP contribution in [0, 0.1) is 11.7 Å². The molecule has 7 nitrogen and oxygen atoms in total. The van der Waals surface area contributed by atoms with Crippen molar-refractivity contribution in [1.29, 1.82) is 0 Å². The number of amides is 2. The minimum Gasteiger partial charge on any atom is -0.496 e. The van der Waals surface area contributed by atoms with Crippen molar-refractivity contribution in [3.63, 3.8) is 0 Å². The van der Waals surface area contributed by atoms with E-state index in [2.05, 4.69) is 0 Å². The number of imide groups is 1. The predicted molar refractivity (Wildman–Crippen MR) is 104 cm³/mol. The van der Waals surface area contributed by atoms with E-state index in [1.807, 2.05) is 0 Å². The first-order valence-corrected chi connectivity index (χ1v) is 9.26. The van der Waals surface area contributed by atoms with Crippen LogP contribution in [0.15, 0.2) is 42.5 Å². The Balaban J connectivity index is 1.78. The molecule has 2 aromatic rings. The smallest absolute Gasteiger partial charge is 0.330 e. The molecule has 0 fully saturated rings. The summed E-state index contributed by atoms with van der Waals surface area (Å²) in [5.41, 5.74) is 0.343. The van der Waals surface area contributed by atoms with Gasteiger partial charge in [-0.3, -0.25) is 19.3 Å². The average Bonchev–Trinajstić information content (AvgIpc) is 2.97. The van der Waals surface area contributed by atoms with Crippen LogP contribution in [-0.4, -0.2) is 48.2 Å². The van der Waals surface area contributed by atoms with Gasteiger partial charge in [-0.05, 0) is 36.2 Å². The number of hydrogen-bond acceptors (Lipinski definition) is 6. The maximum atomic E-state index is 13.5. The van der Waals surface area contributed by atoms with Gasteiger partial charge in [-0.1, -0.05) is 26.0 Å². The lowest BCUT2D eigenvalue weighted by Crippen LogP contribution is -2.49. The number of nitrogens with zero attached hydrogens (tertiary/aromatic N) is 1. The highest BCUT2D eigenvalue weighted by Gasteiger charge is 2.44. The molecule has 8 heteroatoms. The van der Waals surface area contributed by atoms with Gasteiger partial charge in [-0.2, -0.15) is 0 Å². The number of fused-ring (bicyclic) bond motifs is 1. The van der Waals surface area contributed by atoms with Gasteiger partial charge < -0.3 is 9.47 Å². The van der Waals surface area contributed by atoms with Gasteiger partial charge in [0.15, 0.2) is 6.61 Å². The van der Waals surface area contributed by atoms with Crippen molar-refractivity contribution < 1.29 is 33.0 Å². The first kappa shape index (κ1) is 21.2. The summed E-state index contributed by atoms with van der Waals surface area (Å²) in [6.45, 7) is 2.63. The molecule has 30 heavy (non-hydrogen) atoms. The quantitative estimate of drug-likeness (QED) is 0.394. The summed E-state index contributed by atoms with van der Waals surface area (Å²) in [5, 5.41) is 0. The summed E-state index contributed by atoms with van der Waals surface area (Å²) < 4.78 is 23.7. The molecular formula is C22H20FNO6. The maximum absolute atomic E-state index is 13.5. The molecule has 0 bridgehead atoms. The third-order valence-corrected chi connectivity index (χ3v) is 4.78. The molecule has 0 spiro atoms. The first-order valence-electron chi connectivity index (χ1n) is 9.26. The van der Waals surface area contributed by atoms with Crippen molar-refractivity contribution in [1.82, 2.24) is 4.90 Å². The van der Waals surface area contributed by atoms with E-state index in [1.54, 1.807) is 26.0 Å². The summed E-state index contributed by atoms with van der Waals surface area (Å²) in [4.78, 5) is 51.5. The van der Waals surface area contributed by atoms with Gasteiger partial charge in [-0.25, -0.2) is 9.18 Å². The van der Waals surface area contributed by atoms with Gasteiger partial charge in [0.05, 0.1) is 23.8 Å². The molecular weight excluding hydrogens is 393 g/mol. The highest BCUT2D eigenvalue weighted by molar-refractivity contribution is 6.22. The number of carbonyl (C=O) groups is 4. The molecule has 2 amide bonds. The van der Waals surface area contributed by atoms with Crippen LogP contribution >= 0.6 is 0 Å². The number of benzene rings is 2. The van der Waals surface area contributed by atoms with Crippen molar-refractivity contribution in [2.45, 2.75) is 19.9 Å². The lowest BCUT2D eigenvalue weighted by Gasteiger charge is -2.27. The summed E-state index contributed by atoms with van der Waals surface area (Å²) in [5.74, 6) is -3.73. The number of hydrogen-bond donors (Lipinski definition) is 0. The van der Waals surface area contributed by atoms with Gasteiger partial charge in [0.2, 0.25) is 5.78 Å². The molecule has 0 saturated heterocycles. The largest absolute Gasteiger partial charge is 0.496 e. The van der Waals surface area contributed by atoms with Gasteiger partial charge in [0.25, 0.3) is 11.8 Å². The zero-order valence-electron chi connectivity index (χ0n) is 16.7. The number of halogens is 1. The molecule has 1 aliphatic rings. The van der Waals surface area contributed by atoms with Crippen molar-refractivity contribution >= 4 is 23.6 Å².